The van der Waals surface area contributed by atoms with Crippen LogP contribution in [0.15, 0.2) is 70.1 Å². The molecule has 0 unspecified atom stereocenters. The van der Waals surface area contributed by atoms with Crippen LogP contribution in [0.3, 0.4) is 0 Å². The number of fused-ring (bicyclic) bond motifs is 1. The first-order valence-corrected chi connectivity index (χ1v) is 13.6. The van der Waals surface area contributed by atoms with E-state index >= 15 is 0 Å². The second-order valence-corrected chi connectivity index (χ2v) is 10.5. The van der Waals surface area contributed by atoms with Gasteiger partial charge < -0.3 is 14.2 Å². The highest BCUT2D eigenvalue weighted by molar-refractivity contribution is 14.1. The smallest absolute Gasteiger partial charge is 0.338 e. The molecule has 0 amide bonds. The Bertz CT molecular complexity index is 1590. The molecule has 4 rings (SSSR count). The zero-order valence-electron chi connectivity index (χ0n) is 20.4. The molecule has 0 fully saturated rings. The van der Waals surface area contributed by atoms with E-state index in [2.05, 4.69) is 34.2 Å². The normalized spacial score (nSPS) is 15.2. The zero-order valence-corrected chi connectivity index (χ0v) is 24.1. The zero-order chi connectivity index (χ0) is 26.7. The molecule has 192 valence electrons. The lowest BCUT2D eigenvalue weighted by Crippen LogP contribution is -2.40. The molecule has 1 atom stereocenters. The molecule has 2 heterocycles. The number of halogens is 2. The van der Waals surface area contributed by atoms with Crippen molar-refractivity contribution in [2.45, 2.75) is 19.9 Å². The van der Waals surface area contributed by atoms with Crippen LogP contribution in [0.25, 0.3) is 6.08 Å². The minimum absolute atomic E-state index is 0.197. The molecule has 7 nitrogen and oxygen atoms in total. The molecule has 1 aliphatic heterocycles. The number of carbonyl (C=O) groups excluding carboxylic acids is 1. The minimum Gasteiger partial charge on any atom is -0.493 e. The van der Waals surface area contributed by atoms with Gasteiger partial charge in [-0.15, -0.1) is 0 Å². The van der Waals surface area contributed by atoms with Crippen LogP contribution in [0.5, 0.6) is 11.5 Å². The molecular weight excluding hydrogens is 627 g/mol. The lowest BCUT2D eigenvalue weighted by molar-refractivity contribution is -0.139. The molecule has 2 aromatic carbocycles. The van der Waals surface area contributed by atoms with Gasteiger partial charge in [-0.2, -0.15) is 0 Å². The Labute approximate surface area is 236 Å². The SMILES string of the molecule is C=CCOc1c(I)cc(/C=c2\sc3n(c2=O)[C@H](c2ccccc2Cl)C(C(=O)OCC)=C(C)N=3)cc1OC. The van der Waals surface area contributed by atoms with Crippen molar-refractivity contribution in [3.8, 4) is 11.5 Å². The summed E-state index contributed by atoms with van der Waals surface area (Å²) in [6.45, 7) is 7.69. The Hall–Kier alpha value is -2.89. The van der Waals surface area contributed by atoms with Gasteiger partial charge in [0.25, 0.3) is 5.56 Å². The van der Waals surface area contributed by atoms with E-state index in [9.17, 15) is 9.59 Å². The number of allylic oxidation sites excluding steroid dienone is 1. The first-order chi connectivity index (χ1) is 17.8. The molecule has 0 spiro atoms. The van der Waals surface area contributed by atoms with Crippen LogP contribution in [-0.4, -0.2) is 30.9 Å². The van der Waals surface area contributed by atoms with Gasteiger partial charge in [0.05, 0.1) is 33.1 Å². The Balaban J connectivity index is 1.92. The van der Waals surface area contributed by atoms with Crippen molar-refractivity contribution in [1.82, 2.24) is 4.57 Å². The van der Waals surface area contributed by atoms with E-state index in [-0.39, 0.29) is 17.7 Å². The molecule has 10 heteroatoms. The van der Waals surface area contributed by atoms with Crippen molar-refractivity contribution < 1.29 is 19.0 Å². The average molecular weight is 651 g/mol. The van der Waals surface area contributed by atoms with Gasteiger partial charge in [-0.05, 0) is 71.8 Å². The summed E-state index contributed by atoms with van der Waals surface area (Å²) in [5.74, 6) is 0.620. The van der Waals surface area contributed by atoms with E-state index < -0.39 is 12.0 Å². The third-order valence-electron chi connectivity index (χ3n) is 5.61. The summed E-state index contributed by atoms with van der Waals surface area (Å²) in [7, 11) is 1.56. The number of carbonyl (C=O) groups is 1. The molecule has 3 aromatic rings. The van der Waals surface area contributed by atoms with Crippen LogP contribution in [0.4, 0.5) is 0 Å². The Morgan fingerprint density at radius 2 is 2.08 bits per heavy atom. The van der Waals surface area contributed by atoms with E-state index in [1.165, 1.54) is 15.9 Å². The first kappa shape index (κ1) is 27.2. The molecule has 0 aliphatic carbocycles. The van der Waals surface area contributed by atoms with E-state index in [0.29, 0.717) is 43.7 Å². The number of hydrogen-bond donors (Lipinski definition) is 0. The second-order valence-electron chi connectivity index (χ2n) is 7.96. The van der Waals surface area contributed by atoms with Crippen molar-refractivity contribution in [3.05, 3.63) is 99.7 Å². The van der Waals surface area contributed by atoms with Gasteiger partial charge in [-0.3, -0.25) is 9.36 Å². The topological polar surface area (TPSA) is 79.1 Å². The fourth-order valence-corrected chi connectivity index (χ4v) is 6.11. The number of methoxy groups -OCH3 is 1. The molecule has 0 bridgehead atoms. The molecule has 37 heavy (non-hydrogen) atoms. The van der Waals surface area contributed by atoms with Crippen molar-refractivity contribution >= 4 is 57.6 Å². The Morgan fingerprint density at radius 1 is 1.32 bits per heavy atom. The number of nitrogens with zero attached hydrogens (tertiary/aromatic N) is 2. The van der Waals surface area contributed by atoms with Crippen molar-refractivity contribution in [3.63, 3.8) is 0 Å². The Kier molecular flexibility index (Phi) is 8.56. The maximum Gasteiger partial charge on any atom is 0.338 e. The van der Waals surface area contributed by atoms with Crippen LogP contribution in [0.2, 0.25) is 5.02 Å². The quantitative estimate of drug-likeness (QED) is 0.202. The van der Waals surface area contributed by atoms with Crippen molar-refractivity contribution in [1.29, 1.82) is 0 Å². The summed E-state index contributed by atoms with van der Waals surface area (Å²) < 4.78 is 19.4. The van der Waals surface area contributed by atoms with Crippen LogP contribution in [0.1, 0.15) is 31.0 Å². The number of hydrogen-bond acceptors (Lipinski definition) is 7. The van der Waals surface area contributed by atoms with Crippen molar-refractivity contribution in [2.24, 2.45) is 4.99 Å². The summed E-state index contributed by atoms with van der Waals surface area (Å²) in [6, 6.07) is 10.1. The van der Waals surface area contributed by atoms with Crippen LogP contribution in [-0.2, 0) is 9.53 Å². The Morgan fingerprint density at radius 3 is 2.76 bits per heavy atom. The van der Waals surface area contributed by atoms with E-state index in [1.54, 1.807) is 57.4 Å². The molecule has 1 aromatic heterocycles. The van der Waals surface area contributed by atoms with Crippen LogP contribution in [0, 0.1) is 3.57 Å². The molecule has 0 saturated heterocycles. The van der Waals surface area contributed by atoms with Gasteiger partial charge >= 0.3 is 5.97 Å². The van der Waals surface area contributed by atoms with E-state index in [0.717, 1.165) is 9.13 Å². The maximum atomic E-state index is 13.8. The largest absolute Gasteiger partial charge is 0.493 e. The average Bonchev–Trinajstić information content (AvgIpc) is 3.17. The predicted molar refractivity (Wildman–Crippen MR) is 153 cm³/mol. The second kappa shape index (κ2) is 11.7. The number of ether oxygens (including phenoxy) is 3. The minimum atomic E-state index is -0.768. The summed E-state index contributed by atoms with van der Waals surface area (Å²) in [6.07, 6.45) is 3.44. The fourth-order valence-electron chi connectivity index (χ4n) is 4.04. The number of rotatable bonds is 8. The highest BCUT2D eigenvalue weighted by atomic mass is 127. The van der Waals surface area contributed by atoms with Crippen molar-refractivity contribution in [2.75, 3.05) is 20.3 Å². The summed E-state index contributed by atoms with van der Waals surface area (Å²) in [5.41, 5.74) is 1.86. The first-order valence-electron chi connectivity index (χ1n) is 11.4. The highest BCUT2D eigenvalue weighted by Gasteiger charge is 2.34. The monoisotopic (exact) mass is 650 g/mol. The van der Waals surface area contributed by atoms with Crippen LogP contribution >= 0.6 is 45.5 Å². The molecular formula is C27H24ClIN2O5S. The van der Waals surface area contributed by atoms with E-state index in [4.69, 9.17) is 25.8 Å². The van der Waals surface area contributed by atoms with Gasteiger partial charge in [-0.1, -0.05) is 53.8 Å². The standard InChI is InChI=1S/C27H24ClIN2O5S/c1-5-11-36-24-19(29)12-16(13-20(24)34-4)14-21-25(32)31-23(17-9-7-8-10-18(17)28)22(26(33)35-6-2)15(3)30-27(31)37-21/h5,7-10,12-14,23H,1,6,11H2,2-4H3/b21-14-/t23-/m1/s1. The summed E-state index contributed by atoms with van der Waals surface area (Å²) in [4.78, 5) is 31.9. The molecule has 1 aliphatic rings. The molecule has 0 saturated carbocycles. The van der Waals surface area contributed by atoms with Gasteiger partial charge in [-0.25, -0.2) is 9.79 Å². The molecule has 0 N–H and O–H groups in total. The lowest BCUT2D eigenvalue weighted by atomic mass is 9.96. The lowest BCUT2D eigenvalue weighted by Gasteiger charge is -2.25. The number of benzene rings is 2. The third kappa shape index (κ3) is 5.39. The molecule has 0 radical (unpaired) electrons. The van der Waals surface area contributed by atoms with E-state index in [1.807, 2.05) is 12.1 Å². The van der Waals surface area contributed by atoms with Gasteiger partial charge in [0.15, 0.2) is 16.3 Å². The summed E-state index contributed by atoms with van der Waals surface area (Å²) >= 11 is 9.96. The van der Waals surface area contributed by atoms with Gasteiger partial charge in [0, 0.05) is 5.02 Å². The van der Waals surface area contributed by atoms with Gasteiger partial charge in [0.2, 0.25) is 0 Å². The summed E-state index contributed by atoms with van der Waals surface area (Å²) in [5, 5.41) is 0.438. The fraction of sp³-hybridized carbons (Fsp3) is 0.222. The predicted octanol–water partition coefficient (Wildman–Crippen LogP) is 4.63. The number of esters is 1. The van der Waals surface area contributed by atoms with Crippen LogP contribution < -0.4 is 24.4 Å². The highest BCUT2D eigenvalue weighted by Crippen LogP contribution is 2.35. The number of aromatic nitrogens is 1. The van der Waals surface area contributed by atoms with Gasteiger partial charge in [0.1, 0.15) is 12.6 Å². The third-order valence-corrected chi connectivity index (χ3v) is 7.74. The maximum absolute atomic E-state index is 13.8. The number of thiazole rings is 1.